The van der Waals surface area contributed by atoms with Crippen molar-refractivity contribution < 1.29 is 18.7 Å². The summed E-state index contributed by atoms with van der Waals surface area (Å²) in [4.78, 5) is 10.6. The minimum absolute atomic E-state index is 0.0119. The Bertz CT molecular complexity index is 489. The molecule has 0 unspecified atom stereocenters. The van der Waals surface area contributed by atoms with Crippen LogP contribution in [0.3, 0.4) is 0 Å². The van der Waals surface area contributed by atoms with E-state index in [0.29, 0.717) is 6.54 Å². The molecule has 2 rings (SSSR count). The fraction of sp³-hybridized carbons (Fsp3) is 0.417. The van der Waals surface area contributed by atoms with E-state index < -0.39 is 23.2 Å². The minimum Gasteiger partial charge on any atom is -0.478 e. The fourth-order valence-electron chi connectivity index (χ4n) is 1.70. The van der Waals surface area contributed by atoms with Crippen molar-refractivity contribution in [2.75, 3.05) is 18.1 Å². The number of anilines is 1. The number of carbonyl (C=O) groups is 1. The molecule has 2 N–H and O–H groups in total. The summed E-state index contributed by atoms with van der Waals surface area (Å²) in [5.41, 5.74) is -0.637. The highest BCUT2D eigenvalue weighted by Gasteiger charge is 2.41. The Kier molecular flexibility index (Phi) is 3.47. The second-order valence-electron chi connectivity index (χ2n) is 4.33. The van der Waals surface area contributed by atoms with E-state index in [9.17, 15) is 13.6 Å². The highest BCUT2D eigenvalue weighted by Crippen LogP contribution is 2.47. The van der Waals surface area contributed by atoms with E-state index in [0.717, 1.165) is 18.9 Å². The summed E-state index contributed by atoms with van der Waals surface area (Å²) in [6.45, 7) is 0.553. The number of hydrogen-bond donors (Lipinski definition) is 2. The number of carboxylic acids is 1. The summed E-state index contributed by atoms with van der Waals surface area (Å²) < 4.78 is 27.2. The predicted octanol–water partition coefficient (Wildman–Crippen LogP) is 2.97. The molecule has 0 aromatic heterocycles. The number of nitrogens with one attached hydrogen (secondary N) is 1. The lowest BCUT2D eigenvalue weighted by atomic mass is 10.2. The molecule has 0 bridgehead atoms. The van der Waals surface area contributed by atoms with Crippen LogP contribution < -0.4 is 5.32 Å². The largest absolute Gasteiger partial charge is 0.478 e. The summed E-state index contributed by atoms with van der Waals surface area (Å²) >= 11 is 1.70. The van der Waals surface area contributed by atoms with Crippen molar-refractivity contribution in [2.45, 2.75) is 17.6 Å². The summed E-state index contributed by atoms with van der Waals surface area (Å²) in [5, 5.41) is 11.5. The number of carboxylic acid groups (broad SMARTS) is 1. The van der Waals surface area contributed by atoms with Gasteiger partial charge in [0.1, 0.15) is 0 Å². The normalized spacial score (nSPS) is 16.4. The molecule has 1 aromatic rings. The molecule has 0 aliphatic heterocycles. The summed E-state index contributed by atoms with van der Waals surface area (Å²) in [6.07, 6.45) is 4.09. The molecule has 1 aliphatic carbocycles. The zero-order chi connectivity index (χ0) is 13.3. The monoisotopic (exact) mass is 273 g/mol. The molecule has 18 heavy (non-hydrogen) atoms. The molecule has 0 saturated heterocycles. The minimum atomic E-state index is -1.47. The molecule has 1 saturated carbocycles. The zero-order valence-corrected chi connectivity index (χ0v) is 10.6. The highest BCUT2D eigenvalue weighted by molar-refractivity contribution is 8.00. The maximum absolute atomic E-state index is 13.6. The number of hydrogen-bond acceptors (Lipinski definition) is 3. The van der Waals surface area contributed by atoms with Crippen molar-refractivity contribution in [1.82, 2.24) is 0 Å². The molecule has 1 aliphatic rings. The lowest BCUT2D eigenvalue weighted by Crippen LogP contribution is -2.18. The molecule has 0 radical (unpaired) electrons. The lowest BCUT2D eigenvalue weighted by molar-refractivity contribution is 0.0690. The van der Waals surface area contributed by atoms with Gasteiger partial charge in [0.15, 0.2) is 11.6 Å². The smallest absolute Gasteiger partial charge is 0.338 e. The van der Waals surface area contributed by atoms with Crippen LogP contribution in [-0.4, -0.2) is 28.6 Å². The van der Waals surface area contributed by atoms with Gasteiger partial charge in [0.25, 0.3) is 0 Å². The molecule has 1 fully saturated rings. The van der Waals surface area contributed by atoms with Crippen molar-refractivity contribution >= 4 is 23.4 Å². The Balaban J connectivity index is 2.14. The van der Waals surface area contributed by atoms with E-state index in [1.165, 1.54) is 6.07 Å². The van der Waals surface area contributed by atoms with Gasteiger partial charge in [-0.3, -0.25) is 0 Å². The third kappa shape index (κ3) is 2.43. The van der Waals surface area contributed by atoms with Crippen molar-refractivity contribution in [1.29, 1.82) is 0 Å². The van der Waals surface area contributed by atoms with Gasteiger partial charge in [-0.1, -0.05) is 0 Å². The first-order chi connectivity index (χ1) is 8.49. The van der Waals surface area contributed by atoms with E-state index in [1.54, 1.807) is 11.8 Å². The number of rotatable bonds is 5. The topological polar surface area (TPSA) is 49.3 Å². The van der Waals surface area contributed by atoms with Crippen molar-refractivity contribution in [2.24, 2.45) is 0 Å². The Morgan fingerprint density at radius 1 is 1.44 bits per heavy atom. The summed E-state index contributed by atoms with van der Waals surface area (Å²) in [7, 11) is 0. The van der Waals surface area contributed by atoms with Gasteiger partial charge in [0.2, 0.25) is 0 Å². The number of aromatic carboxylic acids is 1. The van der Waals surface area contributed by atoms with Crippen molar-refractivity contribution in [3.8, 4) is 0 Å². The Morgan fingerprint density at radius 3 is 2.61 bits per heavy atom. The lowest BCUT2D eigenvalue weighted by Gasteiger charge is -2.15. The molecule has 1 aromatic carbocycles. The molecule has 0 heterocycles. The van der Waals surface area contributed by atoms with Crippen LogP contribution in [0.15, 0.2) is 12.1 Å². The average Bonchev–Trinajstić information content (AvgIpc) is 3.11. The van der Waals surface area contributed by atoms with Crippen LogP contribution in [0.5, 0.6) is 0 Å². The molecule has 0 atom stereocenters. The molecular weight excluding hydrogens is 260 g/mol. The quantitative estimate of drug-likeness (QED) is 0.866. The second kappa shape index (κ2) is 4.76. The van der Waals surface area contributed by atoms with Gasteiger partial charge in [-0.05, 0) is 31.2 Å². The van der Waals surface area contributed by atoms with Crippen LogP contribution in [0, 0.1) is 11.6 Å². The highest BCUT2D eigenvalue weighted by atomic mass is 32.2. The fourth-order valence-corrected chi connectivity index (χ4v) is 2.43. The van der Waals surface area contributed by atoms with Crippen LogP contribution in [-0.2, 0) is 0 Å². The number of benzene rings is 1. The first-order valence-corrected chi connectivity index (χ1v) is 6.72. The third-order valence-corrected chi connectivity index (χ3v) is 4.57. The number of halogens is 2. The zero-order valence-electron chi connectivity index (χ0n) is 9.80. The molecule has 0 spiro atoms. The van der Waals surface area contributed by atoms with Crippen molar-refractivity contribution in [3.05, 3.63) is 29.3 Å². The maximum atomic E-state index is 13.6. The van der Waals surface area contributed by atoms with Gasteiger partial charge in [-0.25, -0.2) is 13.6 Å². The summed E-state index contributed by atoms with van der Waals surface area (Å²) in [6, 6.07) is 2.33. The predicted molar refractivity (Wildman–Crippen MR) is 67.3 cm³/mol. The van der Waals surface area contributed by atoms with Gasteiger partial charge in [0, 0.05) is 11.3 Å². The maximum Gasteiger partial charge on any atom is 0.338 e. The SMILES string of the molecule is CSC1(CNc2ccc(C(=O)O)c(F)c2F)CC1. The van der Waals surface area contributed by atoms with Crippen molar-refractivity contribution in [3.63, 3.8) is 0 Å². The van der Waals surface area contributed by atoms with Gasteiger partial charge in [-0.15, -0.1) is 0 Å². The van der Waals surface area contributed by atoms with Gasteiger partial charge < -0.3 is 10.4 Å². The van der Waals surface area contributed by atoms with E-state index >= 15 is 0 Å². The first-order valence-electron chi connectivity index (χ1n) is 5.49. The van der Waals surface area contributed by atoms with E-state index in [4.69, 9.17) is 5.11 Å². The molecule has 98 valence electrons. The second-order valence-corrected chi connectivity index (χ2v) is 5.61. The van der Waals surface area contributed by atoms with Crippen LogP contribution in [0.25, 0.3) is 0 Å². The summed E-state index contributed by atoms with van der Waals surface area (Å²) in [5.74, 6) is -3.92. The first kappa shape index (κ1) is 13.1. The van der Waals surface area contributed by atoms with Gasteiger partial charge in [0.05, 0.1) is 11.3 Å². The van der Waals surface area contributed by atoms with E-state index in [2.05, 4.69) is 5.32 Å². The van der Waals surface area contributed by atoms with E-state index in [-0.39, 0.29) is 10.4 Å². The van der Waals surface area contributed by atoms with Crippen LogP contribution in [0.4, 0.5) is 14.5 Å². The number of thioether (sulfide) groups is 1. The average molecular weight is 273 g/mol. The Morgan fingerprint density at radius 2 is 2.11 bits per heavy atom. The Labute approximate surface area is 108 Å². The molecule has 3 nitrogen and oxygen atoms in total. The van der Waals surface area contributed by atoms with Gasteiger partial charge >= 0.3 is 5.97 Å². The Hall–Kier alpha value is -1.30. The van der Waals surface area contributed by atoms with Crippen LogP contribution in [0.1, 0.15) is 23.2 Å². The molecule has 0 amide bonds. The standard InChI is InChI=1S/C12H13F2NO2S/c1-18-12(4-5-12)6-15-8-3-2-7(11(16)17)9(13)10(8)14/h2-3,15H,4-6H2,1H3,(H,16,17). The molecular formula is C12H13F2NO2S. The van der Waals surface area contributed by atoms with Crippen LogP contribution >= 0.6 is 11.8 Å². The van der Waals surface area contributed by atoms with E-state index in [1.807, 2.05) is 6.26 Å². The van der Waals surface area contributed by atoms with Gasteiger partial charge in [-0.2, -0.15) is 11.8 Å². The van der Waals surface area contributed by atoms with Crippen LogP contribution in [0.2, 0.25) is 0 Å². The third-order valence-electron chi connectivity index (χ3n) is 3.15. The molecule has 6 heteroatoms.